The van der Waals surface area contributed by atoms with E-state index < -0.39 is 0 Å². The molecule has 3 rings (SSSR count). The number of carbonyl (C=O) groups excluding carboxylic acids is 3. The lowest BCUT2D eigenvalue weighted by Crippen LogP contribution is -2.49. The third kappa shape index (κ3) is 7.60. The number of aryl methyl sites for hydroxylation is 1. The van der Waals surface area contributed by atoms with Crippen LogP contribution in [0.5, 0.6) is 0 Å². The highest BCUT2D eigenvalue weighted by Gasteiger charge is 2.21. The lowest BCUT2D eigenvalue weighted by molar-refractivity contribution is -0.131. The maximum Gasteiger partial charge on any atom is 0.234 e. The van der Waals surface area contributed by atoms with Crippen LogP contribution in [0.15, 0.2) is 54.6 Å². The van der Waals surface area contributed by atoms with Crippen LogP contribution >= 0.6 is 11.8 Å². The fraction of sp³-hybridized carbons (Fsp3) is 0.375. The molecule has 0 aromatic heterocycles. The molecule has 0 aliphatic carbocycles. The van der Waals surface area contributed by atoms with E-state index in [-0.39, 0.29) is 35.6 Å². The van der Waals surface area contributed by atoms with Crippen LogP contribution in [0.2, 0.25) is 0 Å². The van der Waals surface area contributed by atoms with E-state index in [2.05, 4.69) is 27.7 Å². The van der Waals surface area contributed by atoms with Crippen molar-refractivity contribution in [3.05, 3.63) is 60.2 Å². The Morgan fingerprint density at radius 3 is 2.22 bits per heavy atom. The van der Waals surface area contributed by atoms with E-state index in [0.29, 0.717) is 19.6 Å². The average molecular weight is 455 g/mol. The zero-order valence-electron chi connectivity index (χ0n) is 18.4. The summed E-state index contributed by atoms with van der Waals surface area (Å²) in [5, 5.41) is 5.57. The Labute approximate surface area is 193 Å². The lowest BCUT2D eigenvalue weighted by atomic mass is 10.2. The summed E-state index contributed by atoms with van der Waals surface area (Å²) in [6, 6.07) is 17.8. The quantitative estimate of drug-likeness (QED) is 0.609. The van der Waals surface area contributed by atoms with Crippen LogP contribution in [0.4, 0.5) is 11.4 Å². The molecule has 2 aromatic rings. The van der Waals surface area contributed by atoms with E-state index in [1.165, 1.54) is 17.4 Å². The molecular weight excluding hydrogens is 424 g/mol. The average Bonchev–Trinajstić information content (AvgIpc) is 2.81. The van der Waals surface area contributed by atoms with Gasteiger partial charge in [-0.25, -0.2) is 0 Å². The number of hydrogen-bond acceptors (Lipinski definition) is 5. The Morgan fingerprint density at radius 2 is 1.53 bits per heavy atom. The summed E-state index contributed by atoms with van der Waals surface area (Å²) < 4.78 is 0. The molecule has 8 heteroatoms. The third-order valence-corrected chi connectivity index (χ3v) is 6.15. The molecule has 1 saturated heterocycles. The molecule has 0 saturated carbocycles. The van der Waals surface area contributed by atoms with Crippen LogP contribution in [0.25, 0.3) is 0 Å². The minimum Gasteiger partial charge on any atom is -0.368 e. The van der Waals surface area contributed by atoms with Gasteiger partial charge in [0.1, 0.15) is 0 Å². The van der Waals surface area contributed by atoms with Gasteiger partial charge in [0.2, 0.25) is 17.7 Å². The van der Waals surface area contributed by atoms with Gasteiger partial charge < -0.3 is 20.4 Å². The summed E-state index contributed by atoms with van der Waals surface area (Å²) >= 11 is 1.25. The minimum absolute atomic E-state index is 0.0585. The molecule has 0 spiro atoms. The van der Waals surface area contributed by atoms with Crippen molar-refractivity contribution in [3.63, 3.8) is 0 Å². The minimum atomic E-state index is -0.167. The van der Waals surface area contributed by atoms with Crippen molar-refractivity contribution in [1.82, 2.24) is 10.2 Å². The van der Waals surface area contributed by atoms with E-state index in [4.69, 9.17) is 0 Å². The van der Waals surface area contributed by atoms with E-state index >= 15 is 0 Å². The molecule has 1 aliphatic heterocycles. The van der Waals surface area contributed by atoms with Gasteiger partial charge in [-0.15, -0.1) is 11.8 Å². The fourth-order valence-electron chi connectivity index (χ4n) is 3.44. The molecule has 1 aliphatic rings. The molecule has 3 amide bonds. The van der Waals surface area contributed by atoms with Crippen molar-refractivity contribution in [2.45, 2.75) is 13.3 Å². The maximum absolute atomic E-state index is 12.4. The molecule has 170 valence electrons. The molecule has 0 bridgehead atoms. The van der Waals surface area contributed by atoms with Gasteiger partial charge in [-0.1, -0.05) is 35.9 Å². The van der Waals surface area contributed by atoms with Crippen molar-refractivity contribution >= 4 is 40.9 Å². The number of piperazine rings is 1. The first-order valence-electron chi connectivity index (χ1n) is 10.8. The molecule has 2 aromatic carbocycles. The van der Waals surface area contributed by atoms with E-state index in [1.807, 2.05) is 54.3 Å². The van der Waals surface area contributed by atoms with Gasteiger partial charge in [0.05, 0.1) is 11.5 Å². The number of carbonyl (C=O) groups is 3. The molecule has 2 N–H and O–H groups in total. The number of benzene rings is 2. The van der Waals surface area contributed by atoms with Crippen LogP contribution in [0.1, 0.15) is 12.0 Å². The maximum atomic E-state index is 12.4. The monoisotopic (exact) mass is 454 g/mol. The van der Waals surface area contributed by atoms with Crippen LogP contribution in [0.3, 0.4) is 0 Å². The summed E-state index contributed by atoms with van der Waals surface area (Å²) in [5.74, 6) is 0.136. The highest BCUT2D eigenvalue weighted by molar-refractivity contribution is 8.00. The molecule has 0 unspecified atom stereocenters. The van der Waals surface area contributed by atoms with Crippen LogP contribution < -0.4 is 15.5 Å². The first kappa shape index (κ1) is 23.7. The first-order chi connectivity index (χ1) is 15.5. The second kappa shape index (κ2) is 12.1. The molecule has 7 nitrogen and oxygen atoms in total. The predicted molar refractivity (Wildman–Crippen MR) is 130 cm³/mol. The Balaban J connectivity index is 1.26. The highest BCUT2D eigenvalue weighted by Crippen LogP contribution is 2.16. The number of hydrogen-bond donors (Lipinski definition) is 2. The summed E-state index contributed by atoms with van der Waals surface area (Å²) in [6.07, 6.45) is 0.287. The van der Waals surface area contributed by atoms with Gasteiger partial charge in [-0.3, -0.25) is 14.4 Å². The highest BCUT2D eigenvalue weighted by atomic mass is 32.2. The topological polar surface area (TPSA) is 81.8 Å². The molecule has 1 heterocycles. The van der Waals surface area contributed by atoms with Crippen molar-refractivity contribution in [3.8, 4) is 0 Å². The summed E-state index contributed by atoms with van der Waals surface area (Å²) in [5.41, 5.74) is 3.05. The number of rotatable bonds is 9. The van der Waals surface area contributed by atoms with E-state index in [0.717, 1.165) is 24.3 Å². The second-order valence-electron chi connectivity index (χ2n) is 7.71. The zero-order chi connectivity index (χ0) is 22.8. The molecular formula is C24H30N4O3S. The SMILES string of the molecule is Cc1ccc(NC(=O)CSCC(=O)NCCC(=O)N2CCN(c3ccccc3)CC2)cc1. The van der Waals surface area contributed by atoms with Gasteiger partial charge >= 0.3 is 0 Å². The Kier molecular flexibility index (Phi) is 8.98. The van der Waals surface area contributed by atoms with Gasteiger partial charge in [-0.2, -0.15) is 0 Å². The van der Waals surface area contributed by atoms with Gasteiger partial charge in [0, 0.05) is 50.5 Å². The number of thioether (sulfide) groups is 1. The van der Waals surface area contributed by atoms with Gasteiger partial charge in [0.25, 0.3) is 0 Å². The smallest absolute Gasteiger partial charge is 0.234 e. The van der Waals surface area contributed by atoms with Crippen molar-refractivity contribution in [2.75, 3.05) is 54.4 Å². The number of nitrogens with zero attached hydrogens (tertiary/aromatic N) is 2. The standard InChI is InChI=1S/C24H30N4O3S/c1-19-7-9-20(10-8-19)26-23(30)18-32-17-22(29)25-12-11-24(31)28-15-13-27(14-16-28)21-5-3-2-4-6-21/h2-10H,11-18H2,1H3,(H,25,29)(H,26,30). The van der Waals surface area contributed by atoms with E-state index in [9.17, 15) is 14.4 Å². The Hall–Kier alpha value is -3.00. The van der Waals surface area contributed by atoms with Gasteiger partial charge in [-0.05, 0) is 31.2 Å². The Morgan fingerprint density at radius 1 is 0.875 bits per heavy atom. The second-order valence-corrected chi connectivity index (χ2v) is 8.70. The number of para-hydroxylation sites is 1. The van der Waals surface area contributed by atoms with Crippen molar-refractivity contribution in [1.29, 1.82) is 0 Å². The number of anilines is 2. The number of amides is 3. The zero-order valence-corrected chi connectivity index (χ0v) is 19.2. The van der Waals surface area contributed by atoms with E-state index in [1.54, 1.807) is 0 Å². The van der Waals surface area contributed by atoms with Crippen molar-refractivity contribution < 1.29 is 14.4 Å². The summed E-state index contributed by atoms with van der Waals surface area (Å²) in [6.45, 7) is 5.29. The van der Waals surface area contributed by atoms with Crippen LogP contribution in [-0.4, -0.2) is 66.9 Å². The predicted octanol–water partition coefficient (Wildman–Crippen LogP) is 2.52. The normalized spacial score (nSPS) is 13.5. The largest absolute Gasteiger partial charge is 0.368 e. The summed E-state index contributed by atoms with van der Waals surface area (Å²) in [4.78, 5) is 40.5. The summed E-state index contributed by atoms with van der Waals surface area (Å²) in [7, 11) is 0. The van der Waals surface area contributed by atoms with Crippen LogP contribution in [-0.2, 0) is 14.4 Å². The van der Waals surface area contributed by atoms with Gasteiger partial charge in [0.15, 0.2) is 0 Å². The molecule has 0 radical (unpaired) electrons. The third-order valence-electron chi connectivity index (χ3n) is 5.22. The molecule has 1 fully saturated rings. The molecule has 32 heavy (non-hydrogen) atoms. The Bertz CT molecular complexity index is 897. The molecule has 0 atom stereocenters. The lowest BCUT2D eigenvalue weighted by Gasteiger charge is -2.36. The number of nitrogens with one attached hydrogen (secondary N) is 2. The fourth-order valence-corrected chi connectivity index (χ4v) is 4.09. The van der Waals surface area contributed by atoms with Crippen LogP contribution in [0, 0.1) is 6.92 Å². The first-order valence-corrected chi connectivity index (χ1v) is 12.0. The van der Waals surface area contributed by atoms with Crippen molar-refractivity contribution in [2.24, 2.45) is 0 Å².